The van der Waals surface area contributed by atoms with E-state index in [0.29, 0.717) is 13.1 Å². The zero-order valence-corrected chi connectivity index (χ0v) is 12.9. The van der Waals surface area contributed by atoms with Crippen LogP contribution in [0.25, 0.3) is 0 Å². The quantitative estimate of drug-likeness (QED) is 0.607. The monoisotopic (exact) mass is 290 g/mol. The fraction of sp³-hybridized carbons (Fsp3) is 1.00. The van der Waals surface area contributed by atoms with Gasteiger partial charge in [0.15, 0.2) is 0 Å². The van der Waals surface area contributed by atoms with Crippen LogP contribution >= 0.6 is 0 Å². The average Bonchev–Trinajstić information content (AvgIpc) is 2.39. The summed E-state index contributed by atoms with van der Waals surface area (Å²) in [6, 6.07) is 0. The van der Waals surface area contributed by atoms with Crippen LogP contribution in [0.15, 0.2) is 0 Å². The minimum Gasteiger partial charge on any atom is -0.330 e. The molecule has 1 fully saturated rings. The van der Waals surface area contributed by atoms with Crippen molar-refractivity contribution >= 4 is 10.0 Å². The Bertz CT molecular complexity index is 311. The largest absolute Gasteiger partial charge is 0.330 e. The molecule has 0 heterocycles. The summed E-state index contributed by atoms with van der Waals surface area (Å²) in [6.45, 7) is 1.32. The molecule has 1 aliphatic carbocycles. The van der Waals surface area contributed by atoms with E-state index < -0.39 is 10.0 Å². The van der Waals surface area contributed by atoms with Crippen molar-refractivity contribution in [1.82, 2.24) is 4.72 Å². The highest BCUT2D eigenvalue weighted by atomic mass is 32.2. The van der Waals surface area contributed by atoms with Gasteiger partial charge in [0.1, 0.15) is 0 Å². The Morgan fingerprint density at radius 1 is 1.00 bits per heavy atom. The van der Waals surface area contributed by atoms with Crippen molar-refractivity contribution in [2.24, 2.45) is 11.7 Å². The summed E-state index contributed by atoms with van der Waals surface area (Å²) in [4.78, 5) is 0. The van der Waals surface area contributed by atoms with Gasteiger partial charge in [-0.1, -0.05) is 44.9 Å². The molecule has 0 atom stereocenters. The molecule has 1 saturated carbocycles. The topological polar surface area (TPSA) is 72.2 Å². The van der Waals surface area contributed by atoms with Gasteiger partial charge in [-0.05, 0) is 31.7 Å². The lowest BCUT2D eigenvalue weighted by Gasteiger charge is -2.21. The van der Waals surface area contributed by atoms with Crippen LogP contribution in [0.1, 0.15) is 64.2 Å². The SMILES string of the molecule is NCCCCCCS(=O)(=O)NCCC1CCCCC1. The van der Waals surface area contributed by atoms with E-state index >= 15 is 0 Å². The number of hydrogen-bond acceptors (Lipinski definition) is 3. The lowest BCUT2D eigenvalue weighted by molar-refractivity contribution is 0.339. The Balaban J connectivity index is 2.05. The Morgan fingerprint density at radius 2 is 1.68 bits per heavy atom. The number of nitrogens with two attached hydrogens (primary N) is 1. The zero-order chi connectivity index (χ0) is 14.0. The van der Waals surface area contributed by atoms with E-state index in [-0.39, 0.29) is 5.75 Å². The fourth-order valence-electron chi connectivity index (χ4n) is 2.76. The van der Waals surface area contributed by atoms with Crippen molar-refractivity contribution in [3.8, 4) is 0 Å². The smallest absolute Gasteiger partial charge is 0.211 e. The van der Waals surface area contributed by atoms with Crippen molar-refractivity contribution in [2.45, 2.75) is 64.2 Å². The summed E-state index contributed by atoms with van der Waals surface area (Å²) < 4.78 is 26.3. The standard InChI is InChI=1S/C14H30N2O2S/c15-11-6-1-2-7-13-19(17,18)16-12-10-14-8-4-3-5-9-14/h14,16H,1-13,15H2. The number of sulfonamides is 1. The number of unbranched alkanes of at least 4 members (excludes halogenated alkanes) is 3. The minimum atomic E-state index is -3.05. The molecule has 5 heteroatoms. The van der Waals surface area contributed by atoms with Crippen molar-refractivity contribution in [1.29, 1.82) is 0 Å². The number of rotatable bonds is 10. The second kappa shape index (κ2) is 9.72. The molecule has 0 saturated heterocycles. The van der Waals surface area contributed by atoms with Crippen LogP contribution in [0.4, 0.5) is 0 Å². The van der Waals surface area contributed by atoms with Crippen molar-refractivity contribution < 1.29 is 8.42 Å². The second-order valence-corrected chi connectivity index (χ2v) is 7.64. The molecule has 19 heavy (non-hydrogen) atoms. The molecule has 1 rings (SSSR count). The Labute approximate surface area is 118 Å². The molecule has 4 nitrogen and oxygen atoms in total. The van der Waals surface area contributed by atoms with E-state index in [4.69, 9.17) is 5.73 Å². The molecule has 1 aliphatic rings. The Hall–Kier alpha value is -0.130. The minimum absolute atomic E-state index is 0.266. The van der Waals surface area contributed by atoms with E-state index in [1.807, 2.05) is 0 Å². The Morgan fingerprint density at radius 3 is 2.37 bits per heavy atom. The van der Waals surface area contributed by atoms with Gasteiger partial charge in [-0.3, -0.25) is 0 Å². The normalized spacial score (nSPS) is 17.7. The fourth-order valence-corrected chi connectivity index (χ4v) is 3.91. The zero-order valence-electron chi connectivity index (χ0n) is 12.1. The summed E-state index contributed by atoms with van der Waals surface area (Å²) in [7, 11) is -3.05. The van der Waals surface area contributed by atoms with Crippen LogP contribution in [0.2, 0.25) is 0 Å². The molecule has 0 spiro atoms. The molecular weight excluding hydrogens is 260 g/mol. The molecule has 114 valence electrons. The Kier molecular flexibility index (Phi) is 8.66. The van der Waals surface area contributed by atoms with Gasteiger partial charge in [-0.15, -0.1) is 0 Å². The average molecular weight is 290 g/mol. The first-order valence-corrected chi connectivity index (χ1v) is 9.46. The third-order valence-corrected chi connectivity index (χ3v) is 5.44. The van der Waals surface area contributed by atoms with Crippen LogP contribution in [-0.2, 0) is 10.0 Å². The van der Waals surface area contributed by atoms with Gasteiger partial charge in [-0.25, -0.2) is 13.1 Å². The maximum atomic E-state index is 11.8. The highest BCUT2D eigenvalue weighted by Gasteiger charge is 2.15. The summed E-state index contributed by atoms with van der Waals surface area (Å²) in [6.07, 6.45) is 11.3. The van der Waals surface area contributed by atoms with E-state index in [0.717, 1.165) is 38.0 Å². The highest BCUT2D eigenvalue weighted by Crippen LogP contribution is 2.25. The van der Waals surface area contributed by atoms with Gasteiger partial charge in [-0.2, -0.15) is 0 Å². The van der Waals surface area contributed by atoms with Crippen molar-refractivity contribution in [3.05, 3.63) is 0 Å². The van der Waals surface area contributed by atoms with Gasteiger partial charge in [0.05, 0.1) is 5.75 Å². The molecule has 0 aromatic rings. The summed E-state index contributed by atoms with van der Waals surface area (Å²) in [5.41, 5.74) is 5.40. The summed E-state index contributed by atoms with van der Waals surface area (Å²) in [5, 5.41) is 0. The lowest BCUT2D eigenvalue weighted by atomic mass is 9.87. The third-order valence-electron chi connectivity index (χ3n) is 3.97. The van der Waals surface area contributed by atoms with Gasteiger partial charge < -0.3 is 5.73 Å². The van der Waals surface area contributed by atoms with Crippen LogP contribution in [0.5, 0.6) is 0 Å². The predicted octanol–water partition coefficient (Wildman–Crippen LogP) is 2.40. The highest BCUT2D eigenvalue weighted by molar-refractivity contribution is 7.89. The molecule has 0 bridgehead atoms. The van der Waals surface area contributed by atoms with E-state index in [9.17, 15) is 8.42 Å². The van der Waals surface area contributed by atoms with Crippen LogP contribution in [0.3, 0.4) is 0 Å². The first-order valence-electron chi connectivity index (χ1n) is 7.81. The molecular formula is C14H30N2O2S. The van der Waals surface area contributed by atoms with Gasteiger partial charge in [0, 0.05) is 6.54 Å². The van der Waals surface area contributed by atoms with Crippen LogP contribution < -0.4 is 10.5 Å². The predicted molar refractivity (Wildman–Crippen MR) is 80.5 cm³/mol. The van der Waals surface area contributed by atoms with E-state index in [2.05, 4.69) is 4.72 Å². The molecule has 0 aromatic carbocycles. The number of nitrogens with one attached hydrogen (secondary N) is 1. The van der Waals surface area contributed by atoms with E-state index in [1.54, 1.807) is 0 Å². The van der Waals surface area contributed by atoms with Gasteiger partial charge >= 0.3 is 0 Å². The van der Waals surface area contributed by atoms with Gasteiger partial charge in [0.25, 0.3) is 0 Å². The summed E-state index contributed by atoms with van der Waals surface area (Å²) in [5.74, 6) is 1.00. The molecule has 0 aromatic heterocycles. The van der Waals surface area contributed by atoms with Crippen LogP contribution in [0, 0.1) is 5.92 Å². The summed E-state index contributed by atoms with van der Waals surface area (Å²) >= 11 is 0. The molecule has 0 amide bonds. The molecule has 0 radical (unpaired) electrons. The first-order chi connectivity index (χ1) is 9.14. The molecule has 3 N–H and O–H groups in total. The second-order valence-electron chi connectivity index (χ2n) is 5.71. The maximum absolute atomic E-state index is 11.8. The van der Waals surface area contributed by atoms with Gasteiger partial charge in [0.2, 0.25) is 10.0 Å². The molecule has 0 unspecified atom stereocenters. The van der Waals surface area contributed by atoms with Crippen LogP contribution in [-0.4, -0.2) is 27.3 Å². The lowest BCUT2D eigenvalue weighted by Crippen LogP contribution is -2.28. The first kappa shape index (κ1) is 16.9. The third kappa shape index (κ3) is 8.60. The molecule has 0 aliphatic heterocycles. The number of hydrogen-bond donors (Lipinski definition) is 2. The van der Waals surface area contributed by atoms with E-state index in [1.165, 1.54) is 32.1 Å². The van der Waals surface area contributed by atoms with Crippen molar-refractivity contribution in [2.75, 3.05) is 18.8 Å². The van der Waals surface area contributed by atoms with Crippen molar-refractivity contribution in [3.63, 3.8) is 0 Å². The maximum Gasteiger partial charge on any atom is 0.211 e.